The molecule has 26 heavy (non-hydrogen) atoms. The molecule has 0 radical (unpaired) electrons. The fourth-order valence-electron chi connectivity index (χ4n) is 3.65. The molecule has 0 aliphatic carbocycles. The number of aromatic nitrogens is 4. The lowest BCUT2D eigenvalue weighted by Crippen LogP contribution is -2.41. The average molecular weight is 371 g/mol. The van der Waals surface area contributed by atoms with Gasteiger partial charge in [-0.1, -0.05) is 0 Å². The van der Waals surface area contributed by atoms with Gasteiger partial charge >= 0.3 is 0 Å². The molecule has 1 saturated heterocycles. The van der Waals surface area contributed by atoms with Crippen LogP contribution in [0.5, 0.6) is 0 Å². The first-order chi connectivity index (χ1) is 12.6. The van der Waals surface area contributed by atoms with Crippen LogP contribution in [-0.4, -0.2) is 43.9 Å². The van der Waals surface area contributed by atoms with Crippen molar-refractivity contribution in [3.63, 3.8) is 0 Å². The van der Waals surface area contributed by atoms with Gasteiger partial charge in [-0.15, -0.1) is 11.3 Å². The summed E-state index contributed by atoms with van der Waals surface area (Å²) in [5, 5.41) is 24.0. The van der Waals surface area contributed by atoms with Crippen molar-refractivity contribution >= 4 is 32.5 Å². The van der Waals surface area contributed by atoms with Crippen LogP contribution in [0.25, 0.3) is 31.6 Å². The molecule has 1 aliphatic heterocycles. The zero-order chi connectivity index (χ0) is 17.8. The fraction of sp³-hybridized carbons (Fsp3) is 0.333. The van der Waals surface area contributed by atoms with Crippen LogP contribution < -0.4 is 5.32 Å². The Morgan fingerprint density at radius 2 is 2.12 bits per heavy atom. The molecule has 6 nitrogen and oxygen atoms in total. The monoisotopic (exact) mass is 371 g/mol. The van der Waals surface area contributed by atoms with E-state index in [0.717, 1.165) is 39.0 Å². The molecule has 1 aromatic carbocycles. The maximum atomic E-state index is 14.4. The first kappa shape index (κ1) is 15.9. The number of aliphatic hydroxyl groups is 1. The lowest BCUT2D eigenvalue weighted by Gasteiger charge is -2.28. The second-order valence-electron chi connectivity index (χ2n) is 6.81. The Balaban J connectivity index is 1.53. The van der Waals surface area contributed by atoms with Gasteiger partial charge in [-0.05, 0) is 36.7 Å². The highest BCUT2D eigenvalue weighted by Gasteiger charge is 2.25. The van der Waals surface area contributed by atoms with Gasteiger partial charge in [0.05, 0.1) is 12.1 Å². The first-order valence-electron chi connectivity index (χ1n) is 8.59. The molecule has 0 unspecified atom stereocenters. The van der Waals surface area contributed by atoms with Crippen LogP contribution in [0, 0.1) is 5.82 Å². The number of thiophene rings is 1. The van der Waals surface area contributed by atoms with Gasteiger partial charge in [0.15, 0.2) is 5.82 Å². The van der Waals surface area contributed by atoms with Gasteiger partial charge < -0.3 is 10.4 Å². The van der Waals surface area contributed by atoms with Crippen molar-refractivity contribution in [2.75, 3.05) is 13.1 Å². The Kier molecular flexibility index (Phi) is 3.59. The van der Waals surface area contributed by atoms with Crippen molar-refractivity contribution in [3.8, 4) is 10.4 Å². The van der Waals surface area contributed by atoms with Gasteiger partial charge in [0.2, 0.25) is 0 Å². The molecular weight excluding hydrogens is 353 g/mol. The summed E-state index contributed by atoms with van der Waals surface area (Å²) >= 11 is 1.54. The molecule has 1 aliphatic rings. The summed E-state index contributed by atoms with van der Waals surface area (Å²) in [4.78, 5) is 1.88. The maximum Gasteiger partial charge on any atom is 0.151 e. The zero-order valence-electron chi connectivity index (χ0n) is 14.2. The number of β-amino-alcohol motifs (C(OH)–C–C–N with tert-alkyl or cyclic N) is 1. The molecule has 5 rings (SSSR count). The van der Waals surface area contributed by atoms with E-state index in [-0.39, 0.29) is 11.9 Å². The first-order valence-corrected chi connectivity index (χ1v) is 9.41. The molecule has 8 heteroatoms. The van der Waals surface area contributed by atoms with E-state index in [1.807, 2.05) is 29.2 Å². The number of hydrogen-bond acceptors (Lipinski definition) is 5. The van der Waals surface area contributed by atoms with Gasteiger partial charge in [-0.25, -0.2) is 4.39 Å². The van der Waals surface area contributed by atoms with E-state index in [1.54, 1.807) is 11.7 Å². The Morgan fingerprint density at radius 3 is 2.92 bits per heavy atom. The van der Waals surface area contributed by atoms with Gasteiger partial charge in [0, 0.05) is 41.6 Å². The number of aryl methyl sites for hydroxylation is 1. The van der Waals surface area contributed by atoms with Crippen LogP contribution in [0.2, 0.25) is 0 Å². The standard InChI is InChI=1S/C18H18FN5OS/c1-23-8-11-4-10(5-13(19)17(11)21-23)16-6-12-9-24(22-18(12)26-16)14-2-3-20-7-15(14)25/h4-6,8-9,14-15,20,25H,2-3,7H2,1H3/t14-,15+/m1/s1. The van der Waals surface area contributed by atoms with E-state index < -0.39 is 6.10 Å². The van der Waals surface area contributed by atoms with Crippen LogP contribution in [0.3, 0.4) is 0 Å². The van der Waals surface area contributed by atoms with Gasteiger partial charge in [-0.3, -0.25) is 9.36 Å². The Morgan fingerprint density at radius 1 is 1.23 bits per heavy atom. The molecule has 3 aromatic heterocycles. The fourth-order valence-corrected chi connectivity index (χ4v) is 4.64. The molecule has 1 fully saturated rings. The molecular formula is C18H18FN5OS. The second-order valence-corrected chi connectivity index (χ2v) is 7.84. The number of fused-ring (bicyclic) bond motifs is 2. The number of nitrogens with zero attached hydrogens (tertiary/aromatic N) is 4. The van der Waals surface area contributed by atoms with E-state index in [0.29, 0.717) is 12.1 Å². The molecule has 0 bridgehead atoms. The minimum atomic E-state index is -0.431. The van der Waals surface area contributed by atoms with E-state index in [2.05, 4.69) is 15.5 Å². The average Bonchev–Trinajstić information content (AvgIpc) is 3.27. The van der Waals surface area contributed by atoms with Crippen LogP contribution in [0.15, 0.2) is 30.6 Å². The molecule has 0 spiro atoms. The highest BCUT2D eigenvalue weighted by molar-refractivity contribution is 7.21. The number of aliphatic hydroxyl groups excluding tert-OH is 1. The molecule has 0 amide bonds. The predicted octanol–water partition coefficient (Wildman–Crippen LogP) is 2.69. The maximum absolute atomic E-state index is 14.4. The van der Waals surface area contributed by atoms with E-state index >= 15 is 0 Å². The predicted molar refractivity (Wildman–Crippen MR) is 99.8 cm³/mol. The van der Waals surface area contributed by atoms with Crippen LogP contribution in [-0.2, 0) is 7.05 Å². The molecule has 0 saturated carbocycles. The van der Waals surface area contributed by atoms with Crippen LogP contribution in [0.1, 0.15) is 12.5 Å². The van der Waals surface area contributed by atoms with Crippen molar-refractivity contribution < 1.29 is 9.50 Å². The molecule has 4 heterocycles. The van der Waals surface area contributed by atoms with Gasteiger partial charge in [0.25, 0.3) is 0 Å². The summed E-state index contributed by atoms with van der Waals surface area (Å²) < 4.78 is 17.9. The summed E-state index contributed by atoms with van der Waals surface area (Å²) in [7, 11) is 1.79. The van der Waals surface area contributed by atoms with E-state index in [9.17, 15) is 9.50 Å². The molecule has 2 atom stereocenters. The summed E-state index contributed by atoms with van der Waals surface area (Å²) in [6, 6.07) is 5.53. The number of hydrogen-bond donors (Lipinski definition) is 2. The van der Waals surface area contributed by atoms with E-state index in [1.165, 1.54) is 17.4 Å². The highest BCUT2D eigenvalue weighted by atomic mass is 32.1. The molecule has 4 aromatic rings. The lowest BCUT2D eigenvalue weighted by atomic mass is 10.0. The number of halogens is 1. The van der Waals surface area contributed by atoms with Crippen molar-refractivity contribution in [1.82, 2.24) is 24.9 Å². The summed E-state index contributed by atoms with van der Waals surface area (Å²) in [6.45, 7) is 1.47. The topological polar surface area (TPSA) is 67.9 Å². The van der Waals surface area contributed by atoms with Crippen molar-refractivity contribution in [1.29, 1.82) is 0 Å². The quantitative estimate of drug-likeness (QED) is 0.569. The van der Waals surface area contributed by atoms with E-state index in [4.69, 9.17) is 0 Å². The third kappa shape index (κ3) is 2.53. The minimum Gasteiger partial charge on any atom is -0.390 e. The number of piperidine rings is 1. The minimum absolute atomic E-state index is 0.00323. The lowest BCUT2D eigenvalue weighted by molar-refractivity contribution is 0.0814. The molecule has 2 N–H and O–H groups in total. The van der Waals surface area contributed by atoms with Gasteiger partial charge in [0.1, 0.15) is 10.3 Å². The second kappa shape index (κ2) is 5.87. The van der Waals surface area contributed by atoms with Crippen molar-refractivity contribution in [2.24, 2.45) is 7.05 Å². The van der Waals surface area contributed by atoms with Crippen LogP contribution >= 0.6 is 11.3 Å². The number of benzene rings is 1. The Bertz CT molecular complexity index is 1080. The smallest absolute Gasteiger partial charge is 0.151 e. The Hall–Kier alpha value is -2.29. The normalized spacial score (nSPS) is 21.0. The Labute approximate surface area is 152 Å². The summed E-state index contributed by atoms with van der Waals surface area (Å²) in [6.07, 6.45) is 4.22. The number of rotatable bonds is 2. The molecule has 134 valence electrons. The van der Waals surface area contributed by atoms with Crippen LogP contribution in [0.4, 0.5) is 4.39 Å². The van der Waals surface area contributed by atoms with Crippen molar-refractivity contribution in [3.05, 3.63) is 36.4 Å². The largest absolute Gasteiger partial charge is 0.390 e. The zero-order valence-corrected chi connectivity index (χ0v) is 15.0. The summed E-state index contributed by atoms with van der Waals surface area (Å²) in [5.41, 5.74) is 1.22. The number of nitrogens with one attached hydrogen (secondary N) is 1. The third-order valence-electron chi connectivity index (χ3n) is 4.93. The third-order valence-corrected chi connectivity index (χ3v) is 6.02. The highest BCUT2D eigenvalue weighted by Crippen LogP contribution is 2.36. The summed E-state index contributed by atoms with van der Waals surface area (Å²) in [5.74, 6) is -0.313. The van der Waals surface area contributed by atoms with Crippen molar-refractivity contribution in [2.45, 2.75) is 18.6 Å². The van der Waals surface area contributed by atoms with Gasteiger partial charge in [-0.2, -0.15) is 10.2 Å². The SMILES string of the molecule is Cn1cc2cc(-c3cc4cn([C@@H]5CCNC[C@@H]5O)nc4s3)cc(F)c2n1.